The van der Waals surface area contributed by atoms with Crippen LogP contribution in [0.3, 0.4) is 0 Å². The molecule has 0 saturated heterocycles. The summed E-state index contributed by atoms with van der Waals surface area (Å²) in [4.78, 5) is 11.6. The molecule has 0 fully saturated rings. The van der Waals surface area contributed by atoms with Gasteiger partial charge < -0.3 is 0 Å². The van der Waals surface area contributed by atoms with Crippen LogP contribution in [0.5, 0.6) is 0 Å². The molecule has 1 heteroatoms. The second-order valence-corrected chi connectivity index (χ2v) is 7.26. The molecular formula is C20H26O. The van der Waals surface area contributed by atoms with Gasteiger partial charge >= 0.3 is 0 Å². The molecule has 1 aliphatic carbocycles. The fraction of sp³-hybridized carbons (Fsp3) is 0.450. The molecule has 0 saturated carbocycles. The van der Waals surface area contributed by atoms with Gasteiger partial charge in [0.1, 0.15) is 6.29 Å². The van der Waals surface area contributed by atoms with Gasteiger partial charge in [0.25, 0.3) is 0 Å². The minimum atomic E-state index is 0.0631. The van der Waals surface area contributed by atoms with Crippen LogP contribution >= 0.6 is 0 Å². The summed E-state index contributed by atoms with van der Waals surface area (Å²) in [5, 5.41) is 0. The van der Waals surface area contributed by atoms with Crippen molar-refractivity contribution in [1.82, 2.24) is 0 Å². The van der Waals surface area contributed by atoms with Crippen LogP contribution in [0.15, 0.2) is 40.5 Å². The van der Waals surface area contributed by atoms with Crippen LogP contribution in [0, 0.1) is 0 Å². The molecule has 0 aromatic heterocycles. The molecule has 0 amide bonds. The number of carbonyl (C=O) groups is 1. The first-order chi connectivity index (χ1) is 9.68. The van der Waals surface area contributed by atoms with Gasteiger partial charge in [-0.15, -0.1) is 0 Å². The maximum Gasteiger partial charge on any atom is 0.150 e. The fourth-order valence-corrected chi connectivity index (χ4v) is 3.22. The number of allylic oxidation sites excluding steroid dienone is 4. The molecule has 0 spiro atoms. The Bertz CT molecular complexity index is 627. The Morgan fingerprint density at radius 3 is 1.90 bits per heavy atom. The maximum atomic E-state index is 11.6. The van der Waals surface area contributed by atoms with Crippen LogP contribution in [-0.4, -0.2) is 6.29 Å². The summed E-state index contributed by atoms with van der Waals surface area (Å²) in [6.45, 7) is 15.3. The highest BCUT2D eigenvalue weighted by atomic mass is 16.1. The lowest BCUT2D eigenvalue weighted by molar-refractivity contribution is 0.112. The van der Waals surface area contributed by atoms with Gasteiger partial charge in [-0.2, -0.15) is 0 Å². The van der Waals surface area contributed by atoms with E-state index in [1.165, 1.54) is 27.9 Å². The van der Waals surface area contributed by atoms with Gasteiger partial charge in [0, 0.05) is 11.5 Å². The molecule has 112 valence electrons. The second kappa shape index (κ2) is 5.29. The number of rotatable bonds is 2. The SMILES string of the molecule is CC1=C(C)C(c2ccc(C(C)(C)C)cc2C=O)C(C)=C1C. The average Bonchev–Trinajstić information content (AvgIpc) is 2.61. The van der Waals surface area contributed by atoms with Gasteiger partial charge in [0.05, 0.1) is 0 Å². The zero-order valence-corrected chi connectivity index (χ0v) is 14.3. The molecule has 0 N–H and O–H groups in total. The molecule has 1 aromatic rings. The van der Waals surface area contributed by atoms with Crippen LogP contribution in [-0.2, 0) is 5.41 Å². The van der Waals surface area contributed by atoms with Crippen LogP contribution < -0.4 is 0 Å². The summed E-state index contributed by atoms with van der Waals surface area (Å²) < 4.78 is 0. The molecule has 2 rings (SSSR count). The third-order valence-corrected chi connectivity index (χ3v) is 5.00. The van der Waals surface area contributed by atoms with E-state index in [9.17, 15) is 4.79 Å². The molecule has 0 radical (unpaired) electrons. The van der Waals surface area contributed by atoms with E-state index in [0.717, 1.165) is 17.4 Å². The van der Waals surface area contributed by atoms with E-state index in [1.807, 2.05) is 0 Å². The van der Waals surface area contributed by atoms with E-state index >= 15 is 0 Å². The summed E-state index contributed by atoms with van der Waals surface area (Å²) >= 11 is 0. The van der Waals surface area contributed by atoms with Gasteiger partial charge in [-0.05, 0) is 61.4 Å². The predicted octanol–water partition coefficient (Wildman–Crippen LogP) is 5.57. The Hall–Kier alpha value is -1.63. The highest BCUT2D eigenvalue weighted by Gasteiger charge is 2.28. The van der Waals surface area contributed by atoms with Crippen molar-refractivity contribution < 1.29 is 4.79 Å². The smallest absolute Gasteiger partial charge is 0.150 e. The van der Waals surface area contributed by atoms with Gasteiger partial charge in [-0.25, -0.2) is 0 Å². The summed E-state index contributed by atoms with van der Waals surface area (Å²) in [5.74, 6) is 0.263. The lowest BCUT2D eigenvalue weighted by atomic mass is 9.81. The third-order valence-electron chi connectivity index (χ3n) is 5.00. The number of carbonyl (C=O) groups excluding carboxylic acids is 1. The van der Waals surface area contributed by atoms with E-state index in [2.05, 4.69) is 66.7 Å². The monoisotopic (exact) mass is 282 g/mol. The summed E-state index contributed by atoms with van der Waals surface area (Å²) in [6.07, 6.45) is 1.01. The van der Waals surface area contributed by atoms with Gasteiger partial charge in [-0.1, -0.05) is 44.1 Å². The highest BCUT2D eigenvalue weighted by Crippen LogP contribution is 2.44. The Kier molecular flexibility index (Phi) is 3.97. The quantitative estimate of drug-likeness (QED) is 0.648. The van der Waals surface area contributed by atoms with Crippen LogP contribution in [0.4, 0.5) is 0 Å². The summed E-state index contributed by atoms with van der Waals surface area (Å²) in [5.41, 5.74) is 8.73. The van der Waals surface area contributed by atoms with E-state index in [-0.39, 0.29) is 11.3 Å². The molecule has 1 nitrogen and oxygen atoms in total. The highest BCUT2D eigenvalue weighted by molar-refractivity contribution is 5.79. The molecule has 0 atom stereocenters. The van der Waals surface area contributed by atoms with Crippen molar-refractivity contribution in [1.29, 1.82) is 0 Å². The number of aldehydes is 1. The van der Waals surface area contributed by atoms with Gasteiger partial charge in [0.15, 0.2) is 0 Å². The third kappa shape index (κ3) is 2.62. The van der Waals surface area contributed by atoms with Crippen molar-refractivity contribution in [2.24, 2.45) is 0 Å². The van der Waals surface area contributed by atoms with Crippen LogP contribution in [0.2, 0.25) is 0 Å². The first kappa shape index (κ1) is 15.8. The van der Waals surface area contributed by atoms with Crippen LogP contribution in [0.1, 0.15) is 75.9 Å². The van der Waals surface area contributed by atoms with Crippen molar-refractivity contribution in [3.63, 3.8) is 0 Å². The van der Waals surface area contributed by atoms with E-state index < -0.39 is 0 Å². The Morgan fingerprint density at radius 1 is 0.952 bits per heavy atom. The lowest BCUT2D eigenvalue weighted by Gasteiger charge is -2.23. The van der Waals surface area contributed by atoms with Crippen molar-refractivity contribution in [2.45, 2.75) is 59.8 Å². The minimum Gasteiger partial charge on any atom is -0.298 e. The molecular weight excluding hydrogens is 256 g/mol. The molecule has 1 aliphatic rings. The molecule has 0 aliphatic heterocycles. The standard InChI is InChI=1S/C20H26O/c1-12-13(2)15(4)19(14(12)3)18-9-8-17(20(5,6)7)10-16(18)11-21/h8-11,19H,1-7H3. The Labute approximate surface area is 128 Å². The fourth-order valence-electron chi connectivity index (χ4n) is 3.22. The Morgan fingerprint density at radius 2 is 1.48 bits per heavy atom. The van der Waals surface area contributed by atoms with Crippen molar-refractivity contribution in [3.05, 3.63) is 57.2 Å². The second-order valence-electron chi connectivity index (χ2n) is 7.26. The van der Waals surface area contributed by atoms with Gasteiger partial charge in [0.2, 0.25) is 0 Å². The zero-order valence-electron chi connectivity index (χ0n) is 14.3. The van der Waals surface area contributed by atoms with Crippen molar-refractivity contribution in [3.8, 4) is 0 Å². The molecule has 0 unspecified atom stereocenters. The van der Waals surface area contributed by atoms with Crippen LogP contribution in [0.25, 0.3) is 0 Å². The molecule has 0 heterocycles. The summed E-state index contributed by atoms with van der Waals surface area (Å²) in [6, 6.07) is 6.38. The minimum absolute atomic E-state index is 0.0631. The number of hydrogen-bond donors (Lipinski definition) is 0. The van der Waals surface area contributed by atoms with Crippen molar-refractivity contribution in [2.75, 3.05) is 0 Å². The average molecular weight is 282 g/mol. The van der Waals surface area contributed by atoms with E-state index in [0.29, 0.717) is 0 Å². The largest absolute Gasteiger partial charge is 0.298 e. The van der Waals surface area contributed by atoms with Gasteiger partial charge in [-0.3, -0.25) is 4.79 Å². The zero-order chi connectivity index (χ0) is 15.9. The molecule has 0 bridgehead atoms. The van der Waals surface area contributed by atoms with E-state index in [1.54, 1.807) is 0 Å². The topological polar surface area (TPSA) is 17.1 Å². The number of benzene rings is 1. The molecule has 21 heavy (non-hydrogen) atoms. The lowest BCUT2D eigenvalue weighted by Crippen LogP contribution is -2.13. The van der Waals surface area contributed by atoms with Crippen molar-refractivity contribution >= 4 is 6.29 Å². The first-order valence-electron chi connectivity index (χ1n) is 7.63. The maximum absolute atomic E-state index is 11.6. The number of hydrogen-bond acceptors (Lipinski definition) is 1. The normalized spacial score (nSPS) is 16.9. The van der Waals surface area contributed by atoms with E-state index in [4.69, 9.17) is 0 Å². The Balaban J connectivity index is 2.59. The first-order valence-corrected chi connectivity index (χ1v) is 7.63. The molecule has 1 aromatic carbocycles. The summed E-state index contributed by atoms with van der Waals surface area (Å²) in [7, 11) is 0. The predicted molar refractivity (Wildman–Crippen MR) is 90.0 cm³/mol.